The van der Waals surface area contributed by atoms with Gasteiger partial charge < -0.3 is 10.6 Å². The highest BCUT2D eigenvalue weighted by Gasteiger charge is 2.17. The first kappa shape index (κ1) is 13.5. The van der Waals surface area contributed by atoms with Gasteiger partial charge in [-0.05, 0) is 37.6 Å². The van der Waals surface area contributed by atoms with Crippen LogP contribution in [0, 0.1) is 13.8 Å². The average Bonchev–Trinajstić information content (AvgIpc) is 2.35. The molecule has 2 N–H and O–H groups in total. The lowest BCUT2D eigenvalue weighted by atomic mass is 10.0. The van der Waals surface area contributed by atoms with Gasteiger partial charge in [0.15, 0.2) is 0 Å². The maximum Gasteiger partial charge on any atom is 0.0424 e. The molecule has 2 rings (SSSR count). The standard InChI is InChI=1S/C15H25N3/c1-12-4-5-14(10-13(12)2)15(16)11-18-8-6-17(3)7-9-18/h4-5,10,15H,6-9,11,16H2,1-3H3. The second-order valence-corrected chi connectivity index (χ2v) is 5.55. The Morgan fingerprint density at radius 2 is 1.78 bits per heavy atom. The summed E-state index contributed by atoms with van der Waals surface area (Å²) in [7, 11) is 2.18. The lowest BCUT2D eigenvalue weighted by molar-refractivity contribution is 0.147. The fourth-order valence-corrected chi connectivity index (χ4v) is 2.41. The Bertz CT molecular complexity index is 395. The lowest BCUT2D eigenvalue weighted by Gasteiger charge is -2.34. The van der Waals surface area contributed by atoms with Crippen molar-refractivity contribution in [2.24, 2.45) is 5.73 Å². The fraction of sp³-hybridized carbons (Fsp3) is 0.600. The Kier molecular flexibility index (Phi) is 4.38. The minimum absolute atomic E-state index is 0.132. The van der Waals surface area contributed by atoms with Gasteiger partial charge >= 0.3 is 0 Å². The highest BCUT2D eigenvalue weighted by atomic mass is 15.2. The number of nitrogens with zero attached hydrogens (tertiary/aromatic N) is 2. The molecule has 0 spiro atoms. The maximum atomic E-state index is 6.32. The molecule has 0 amide bonds. The van der Waals surface area contributed by atoms with Gasteiger partial charge in [-0.15, -0.1) is 0 Å². The number of piperazine rings is 1. The third-order valence-corrected chi connectivity index (χ3v) is 4.01. The van der Waals surface area contributed by atoms with Crippen LogP contribution in [0.2, 0.25) is 0 Å². The Hall–Kier alpha value is -0.900. The van der Waals surface area contributed by atoms with Crippen LogP contribution in [0.1, 0.15) is 22.7 Å². The van der Waals surface area contributed by atoms with E-state index < -0.39 is 0 Å². The molecule has 0 bridgehead atoms. The van der Waals surface area contributed by atoms with Crippen molar-refractivity contribution in [2.45, 2.75) is 19.9 Å². The van der Waals surface area contributed by atoms with E-state index in [1.54, 1.807) is 0 Å². The van der Waals surface area contributed by atoms with Crippen molar-refractivity contribution in [3.63, 3.8) is 0 Å². The summed E-state index contributed by atoms with van der Waals surface area (Å²) in [6, 6.07) is 6.71. The molecule has 100 valence electrons. The van der Waals surface area contributed by atoms with Crippen LogP contribution in [-0.4, -0.2) is 49.6 Å². The van der Waals surface area contributed by atoms with Crippen LogP contribution < -0.4 is 5.73 Å². The Morgan fingerprint density at radius 3 is 2.39 bits per heavy atom. The second-order valence-electron chi connectivity index (χ2n) is 5.55. The van der Waals surface area contributed by atoms with Crippen LogP contribution in [0.25, 0.3) is 0 Å². The topological polar surface area (TPSA) is 32.5 Å². The summed E-state index contributed by atoms with van der Waals surface area (Å²) in [5.41, 5.74) is 10.3. The van der Waals surface area contributed by atoms with Crippen LogP contribution in [-0.2, 0) is 0 Å². The molecule has 1 fully saturated rings. The van der Waals surface area contributed by atoms with Crippen LogP contribution in [0.3, 0.4) is 0 Å². The molecule has 1 aliphatic heterocycles. The number of hydrogen-bond donors (Lipinski definition) is 1. The summed E-state index contributed by atoms with van der Waals surface area (Å²) in [5, 5.41) is 0. The minimum Gasteiger partial charge on any atom is -0.323 e. The quantitative estimate of drug-likeness (QED) is 0.879. The van der Waals surface area contributed by atoms with E-state index in [1.807, 2.05) is 0 Å². The van der Waals surface area contributed by atoms with Gasteiger partial charge in [0.2, 0.25) is 0 Å². The zero-order valence-corrected chi connectivity index (χ0v) is 11.8. The Morgan fingerprint density at radius 1 is 1.11 bits per heavy atom. The molecule has 1 atom stereocenters. The highest BCUT2D eigenvalue weighted by Crippen LogP contribution is 2.17. The van der Waals surface area contributed by atoms with Gasteiger partial charge in [0, 0.05) is 38.8 Å². The SMILES string of the molecule is Cc1ccc(C(N)CN2CCN(C)CC2)cc1C. The third kappa shape index (κ3) is 3.31. The molecule has 18 heavy (non-hydrogen) atoms. The highest BCUT2D eigenvalue weighted by molar-refractivity contribution is 5.31. The Labute approximate surface area is 111 Å². The number of likely N-dealkylation sites (N-methyl/N-ethyl adjacent to an activating group) is 1. The molecule has 0 saturated carbocycles. The summed E-state index contributed by atoms with van der Waals surface area (Å²) in [5.74, 6) is 0. The third-order valence-electron chi connectivity index (χ3n) is 4.01. The molecular formula is C15H25N3. The number of rotatable bonds is 3. The first-order chi connectivity index (χ1) is 8.56. The molecule has 1 unspecified atom stereocenters. The number of benzene rings is 1. The maximum absolute atomic E-state index is 6.32. The lowest BCUT2D eigenvalue weighted by Crippen LogP contribution is -2.46. The van der Waals surface area contributed by atoms with Crippen molar-refractivity contribution in [3.05, 3.63) is 34.9 Å². The first-order valence-corrected chi connectivity index (χ1v) is 6.80. The van der Waals surface area contributed by atoms with Crippen LogP contribution in [0.5, 0.6) is 0 Å². The average molecular weight is 247 g/mol. The molecule has 1 aliphatic rings. The van der Waals surface area contributed by atoms with E-state index in [4.69, 9.17) is 5.73 Å². The molecule has 1 heterocycles. The van der Waals surface area contributed by atoms with Gasteiger partial charge in [-0.3, -0.25) is 4.90 Å². The van der Waals surface area contributed by atoms with E-state index >= 15 is 0 Å². The minimum atomic E-state index is 0.132. The van der Waals surface area contributed by atoms with Crippen molar-refractivity contribution in [1.82, 2.24) is 9.80 Å². The van der Waals surface area contributed by atoms with Gasteiger partial charge in [0.25, 0.3) is 0 Å². The molecule has 1 saturated heterocycles. The molecule has 0 aromatic heterocycles. The normalized spacial score (nSPS) is 20.0. The monoisotopic (exact) mass is 247 g/mol. The summed E-state index contributed by atoms with van der Waals surface area (Å²) >= 11 is 0. The van der Waals surface area contributed by atoms with Crippen molar-refractivity contribution < 1.29 is 0 Å². The van der Waals surface area contributed by atoms with Gasteiger partial charge in [-0.25, -0.2) is 0 Å². The zero-order chi connectivity index (χ0) is 13.1. The van der Waals surface area contributed by atoms with Crippen molar-refractivity contribution in [3.8, 4) is 0 Å². The van der Waals surface area contributed by atoms with Crippen LogP contribution in [0.4, 0.5) is 0 Å². The molecule has 0 aliphatic carbocycles. The predicted octanol–water partition coefficient (Wildman–Crippen LogP) is 1.55. The van der Waals surface area contributed by atoms with Crippen molar-refractivity contribution >= 4 is 0 Å². The van der Waals surface area contributed by atoms with E-state index in [9.17, 15) is 0 Å². The van der Waals surface area contributed by atoms with E-state index in [2.05, 4.69) is 48.9 Å². The van der Waals surface area contributed by atoms with E-state index in [1.165, 1.54) is 16.7 Å². The fourth-order valence-electron chi connectivity index (χ4n) is 2.41. The van der Waals surface area contributed by atoms with Crippen LogP contribution in [0.15, 0.2) is 18.2 Å². The molecule has 3 heteroatoms. The molecule has 3 nitrogen and oxygen atoms in total. The number of hydrogen-bond acceptors (Lipinski definition) is 3. The van der Waals surface area contributed by atoms with E-state index in [0.717, 1.165) is 32.7 Å². The Balaban J connectivity index is 1.94. The van der Waals surface area contributed by atoms with Gasteiger partial charge in [0.05, 0.1) is 0 Å². The van der Waals surface area contributed by atoms with Crippen LogP contribution >= 0.6 is 0 Å². The number of nitrogens with two attached hydrogens (primary N) is 1. The smallest absolute Gasteiger partial charge is 0.0424 e. The molecule has 1 aromatic carbocycles. The van der Waals surface area contributed by atoms with E-state index in [-0.39, 0.29) is 6.04 Å². The van der Waals surface area contributed by atoms with Gasteiger partial charge in [-0.1, -0.05) is 18.2 Å². The number of aryl methyl sites for hydroxylation is 2. The van der Waals surface area contributed by atoms with Gasteiger partial charge in [0.1, 0.15) is 0 Å². The summed E-state index contributed by atoms with van der Waals surface area (Å²) in [6.07, 6.45) is 0. The zero-order valence-electron chi connectivity index (χ0n) is 11.8. The van der Waals surface area contributed by atoms with Gasteiger partial charge in [-0.2, -0.15) is 0 Å². The second kappa shape index (κ2) is 5.83. The molecule has 0 radical (unpaired) electrons. The summed E-state index contributed by atoms with van der Waals surface area (Å²) in [6.45, 7) is 9.84. The first-order valence-electron chi connectivity index (χ1n) is 6.80. The van der Waals surface area contributed by atoms with Crippen molar-refractivity contribution in [2.75, 3.05) is 39.8 Å². The molecular weight excluding hydrogens is 222 g/mol. The molecule has 1 aromatic rings. The largest absolute Gasteiger partial charge is 0.323 e. The predicted molar refractivity (Wildman–Crippen MR) is 76.8 cm³/mol. The summed E-state index contributed by atoms with van der Waals surface area (Å²) < 4.78 is 0. The van der Waals surface area contributed by atoms with Crippen molar-refractivity contribution in [1.29, 1.82) is 0 Å². The summed E-state index contributed by atoms with van der Waals surface area (Å²) in [4.78, 5) is 4.85. The van der Waals surface area contributed by atoms with E-state index in [0.29, 0.717) is 0 Å².